The topological polar surface area (TPSA) is 56.6 Å². The predicted molar refractivity (Wildman–Crippen MR) is 71.4 cm³/mol. The number of H-pyrrole nitrogens is 1. The highest BCUT2D eigenvalue weighted by Gasteiger charge is 2.13. The van der Waals surface area contributed by atoms with E-state index in [9.17, 15) is 4.79 Å². The van der Waals surface area contributed by atoms with Gasteiger partial charge < -0.3 is 4.98 Å². The number of hydrogen-bond acceptors (Lipinski definition) is 2. The Kier molecular flexibility index (Phi) is 3.03. The number of pyridine rings is 1. The first-order chi connectivity index (χ1) is 8.54. The summed E-state index contributed by atoms with van der Waals surface area (Å²) in [5.74, 6) is 0. The van der Waals surface area contributed by atoms with Crippen LogP contribution in [-0.2, 0) is 0 Å². The molecular weight excluding hydrogens is 224 g/mol. The molecule has 0 bridgehead atoms. The van der Waals surface area contributed by atoms with Gasteiger partial charge in [0.25, 0.3) is 5.56 Å². The molecule has 90 valence electrons. The Balaban J connectivity index is 2.88. The van der Waals surface area contributed by atoms with Gasteiger partial charge in [-0.2, -0.15) is 5.26 Å². The van der Waals surface area contributed by atoms with Gasteiger partial charge in [0, 0.05) is 11.3 Å². The van der Waals surface area contributed by atoms with Gasteiger partial charge in [-0.3, -0.25) is 4.79 Å². The second-order valence-corrected chi connectivity index (χ2v) is 4.45. The van der Waals surface area contributed by atoms with Crippen LogP contribution in [0.5, 0.6) is 0 Å². The molecule has 0 fully saturated rings. The second-order valence-electron chi connectivity index (χ2n) is 4.45. The van der Waals surface area contributed by atoms with E-state index in [0.29, 0.717) is 5.56 Å². The van der Waals surface area contributed by atoms with Crippen LogP contribution >= 0.6 is 0 Å². The van der Waals surface area contributed by atoms with Crippen molar-refractivity contribution in [2.45, 2.75) is 20.8 Å². The second kappa shape index (κ2) is 4.50. The van der Waals surface area contributed by atoms with Crippen LogP contribution in [-0.4, -0.2) is 4.98 Å². The highest BCUT2D eigenvalue weighted by Crippen LogP contribution is 2.28. The minimum atomic E-state index is -0.324. The third-order valence-corrected chi connectivity index (χ3v) is 3.03. The SMILES string of the molecule is Cc1cc(-c2c(C)cccc2C)c(C#N)c(=O)[nH]1. The molecule has 1 aromatic heterocycles. The minimum absolute atomic E-state index is 0.179. The first kappa shape index (κ1) is 12.1. The lowest BCUT2D eigenvalue weighted by Gasteiger charge is -2.11. The highest BCUT2D eigenvalue weighted by molar-refractivity contribution is 5.75. The third-order valence-electron chi connectivity index (χ3n) is 3.03. The quantitative estimate of drug-likeness (QED) is 0.830. The van der Waals surface area contributed by atoms with Gasteiger partial charge in [-0.25, -0.2) is 0 Å². The van der Waals surface area contributed by atoms with Crippen molar-refractivity contribution in [2.75, 3.05) is 0 Å². The molecule has 0 aliphatic carbocycles. The molecule has 0 aliphatic rings. The molecule has 0 saturated heterocycles. The summed E-state index contributed by atoms with van der Waals surface area (Å²) >= 11 is 0. The molecule has 1 heterocycles. The monoisotopic (exact) mass is 238 g/mol. The van der Waals surface area contributed by atoms with Gasteiger partial charge in [-0.15, -0.1) is 0 Å². The Labute approximate surface area is 106 Å². The fraction of sp³-hybridized carbons (Fsp3) is 0.200. The summed E-state index contributed by atoms with van der Waals surface area (Å²) in [4.78, 5) is 14.5. The van der Waals surface area contributed by atoms with Crippen LogP contribution < -0.4 is 5.56 Å². The molecular formula is C15H14N2O. The molecule has 18 heavy (non-hydrogen) atoms. The summed E-state index contributed by atoms with van der Waals surface area (Å²) in [6.07, 6.45) is 0. The molecule has 0 saturated carbocycles. The van der Waals surface area contributed by atoms with Crippen molar-refractivity contribution in [3.63, 3.8) is 0 Å². The first-order valence-electron chi connectivity index (χ1n) is 5.75. The Morgan fingerprint density at radius 3 is 2.33 bits per heavy atom. The Bertz CT molecular complexity index is 685. The van der Waals surface area contributed by atoms with Crippen LogP contribution in [0.1, 0.15) is 22.4 Å². The number of aryl methyl sites for hydroxylation is 3. The molecule has 0 aliphatic heterocycles. The standard InChI is InChI=1S/C15H14N2O/c1-9-5-4-6-10(2)14(9)12-7-11(3)17-15(18)13(12)8-16/h4-7H,1-3H3,(H,17,18). The van der Waals surface area contributed by atoms with Crippen LogP contribution in [0.4, 0.5) is 0 Å². The van der Waals surface area contributed by atoms with Gasteiger partial charge in [0.2, 0.25) is 0 Å². The molecule has 1 aromatic carbocycles. The van der Waals surface area contributed by atoms with E-state index >= 15 is 0 Å². The van der Waals surface area contributed by atoms with Crippen molar-refractivity contribution in [3.8, 4) is 17.2 Å². The first-order valence-corrected chi connectivity index (χ1v) is 5.75. The van der Waals surface area contributed by atoms with Gasteiger partial charge in [-0.05, 0) is 43.5 Å². The van der Waals surface area contributed by atoms with Gasteiger partial charge in [0.05, 0.1) is 0 Å². The number of aromatic amines is 1. The number of rotatable bonds is 1. The summed E-state index contributed by atoms with van der Waals surface area (Å²) in [5.41, 5.74) is 4.44. The molecule has 0 atom stereocenters. The third kappa shape index (κ3) is 1.93. The van der Waals surface area contributed by atoms with E-state index in [1.165, 1.54) is 0 Å². The molecule has 0 spiro atoms. The van der Waals surface area contributed by atoms with Crippen molar-refractivity contribution in [2.24, 2.45) is 0 Å². The van der Waals surface area contributed by atoms with Gasteiger partial charge in [0.15, 0.2) is 0 Å². The average molecular weight is 238 g/mol. The molecule has 3 heteroatoms. The van der Waals surface area contributed by atoms with Crippen LogP contribution in [0.2, 0.25) is 0 Å². The fourth-order valence-electron chi connectivity index (χ4n) is 2.24. The molecule has 2 rings (SSSR count). The number of benzene rings is 1. The zero-order valence-corrected chi connectivity index (χ0v) is 10.7. The van der Waals surface area contributed by atoms with E-state index in [0.717, 1.165) is 22.4 Å². The molecule has 1 N–H and O–H groups in total. The maximum absolute atomic E-state index is 11.8. The largest absolute Gasteiger partial charge is 0.325 e. The van der Waals surface area contributed by atoms with Crippen molar-refractivity contribution < 1.29 is 0 Å². The Morgan fingerprint density at radius 2 is 1.78 bits per heavy atom. The molecule has 3 nitrogen and oxygen atoms in total. The number of nitrogens with one attached hydrogen (secondary N) is 1. The van der Waals surface area contributed by atoms with Crippen molar-refractivity contribution in [1.82, 2.24) is 4.98 Å². The van der Waals surface area contributed by atoms with Gasteiger partial charge in [-0.1, -0.05) is 18.2 Å². The maximum atomic E-state index is 11.8. The lowest BCUT2D eigenvalue weighted by atomic mass is 9.93. The van der Waals surface area contributed by atoms with Crippen molar-refractivity contribution in [1.29, 1.82) is 5.26 Å². The molecule has 2 aromatic rings. The smallest absolute Gasteiger partial charge is 0.266 e. The number of nitrogens with zero attached hydrogens (tertiary/aromatic N) is 1. The maximum Gasteiger partial charge on any atom is 0.266 e. The van der Waals surface area contributed by atoms with E-state index in [1.54, 1.807) is 0 Å². The van der Waals surface area contributed by atoms with E-state index in [1.807, 2.05) is 51.1 Å². The lowest BCUT2D eigenvalue weighted by molar-refractivity contribution is 1.13. The molecule has 0 radical (unpaired) electrons. The Hall–Kier alpha value is -2.34. The van der Waals surface area contributed by atoms with Crippen molar-refractivity contribution >= 4 is 0 Å². The van der Waals surface area contributed by atoms with Crippen LogP contribution in [0.25, 0.3) is 11.1 Å². The fourth-order valence-corrected chi connectivity index (χ4v) is 2.24. The lowest BCUT2D eigenvalue weighted by Crippen LogP contribution is -2.13. The average Bonchev–Trinajstić information content (AvgIpc) is 2.28. The van der Waals surface area contributed by atoms with E-state index in [-0.39, 0.29) is 11.1 Å². The van der Waals surface area contributed by atoms with Crippen molar-refractivity contribution in [3.05, 3.63) is 57.0 Å². The summed E-state index contributed by atoms with van der Waals surface area (Å²) in [5, 5.41) is 9.16. The zero-order chi connectivity index (χ0) is 13.3. The van der Waals surface area contributed by atoms with Gasteiger partial charge >= 0.3 is 0 Å². The normalized spacial score (nSPS) is 10.1. The van der Waals surface area contributed by atoms with Crippen LogP contribution in [0.15, 0.2) is 29.1 Å². The van der Waals surface area contributed by atoms with Crippen LogP contribution in [0, 0.1) is 32.1 Å². The predicted octanol–water partition coefficient (Wildman–Crippen LogP) is 2.84. The Morgan fingerprint density at radius 1 is 1.17 bits per heavy atom. The summed E-state index contributed by atoms with van der Waals surface area (Å²) < 4.78 is 0. The number of hydrogen-bond donors (Lipinski definition) is 1. The zero-order valence-electron chi connectivity index (χ0n) is 10.7. The van der Waals surface area contributed by atoms with Gasteiger partial charge in [0.1, 0.15) is 11.6 Å². The highest BCUT2D eigenvalue weighted by atomic mass is 16.1. The molecule has 0 unspecified atom stereocenters. The van der Waals surface area contributed by atoms with E-state index in [4.69, 9.17) is 5.26 Å². The summed E-state index contributed by atoms with van der Waals surface area (Å²) in [6, 6.07) is 9.80. The molecule has 0 amide bonds. The minimum Gasteiger partial charge on any atom is -0.325 e. The van der Waals surface area contributed by atoms with Crippen LogP contribution in [0.3, 0.4) is 0 Å². The number of aromatic nitrogens is 1. The number of nitriles is 1. The van der Waals surface area contributed by atoms with E-state index < -0.39 is 0 Å². The van der Waals surface area contributed by atoms with E-state index in [2.05, 4.69) is 4.98 Å². The summed E-state index contributed by atoms with van der Waals surface area (Å²) in [7, 11) is 0. The summed E-state index contributed by atoms with van der Waals surface area (Å²) in [6.45, 7) is 5.79.